The minimum absolute atomic E-state index is 0.173. The number of ether oxygens (including phenoxy) is 1. The molecule has 5 N–H and O–H groups in total. The Morgan fingerprint density at radius 3 is 2.39 bits per heavy atom. The van der Waals surface area contributed by atoms with E-state index in [1.54, 1.807) is 27.7 Å². The highest BCUT2D eigenvalue weighted by atomic mass is 32.2. The van der Waals surface area contributed by atoms with Crippen molar-refractivity contribution in [3.8, 4) is 0 Å². The second-order valence-electron chi connectivity index (χ2n) is 4.62. The van der Waals surface area contributed by atoms with Crippen molar-refractivity contribution < 1.29 is 9.53 Å². The summed E-state index contributed by atoms with van der Waals surface area (Å²) >= 11 is 1.33. The quantitative estimate of drug-likeness (QED) is 0.533. The van der Waals surface area contributed by atoms with Crippen LogP contribution in [0.3, 0.4) is 0 Å². The van der Waals surface area contributed by atoms with Crippen LogP contribution in [0.25, 0.3) is 0 Å². The molecule has 0 bridgehead atoms. The van der Waals surface area contributed by atoms with Gasteiger partial charge < -0.3 is 21.5 Å². The molecule has 0 fully saturated rings. The summed E-state index contributed by atoms with van der Waals surface area (Å²) in [6, 6.07) is 0. The van der Waals surface area contributed by atoms with Crippen LogP contribution in [0.15, 0.2) is 16.4 Å². The molecule has 6 nitrogen and oxygen atoms in total. The fraction of sp³-hybridized carbons (Fsp3) is 0.636. The van der Waals surface area contributed by atoms with Crippen molar-refractivity contribution >= 4 is 23.0 Å². The molecule has 0 aromatic carbocycles. The first-order chi connectivity index (χ1) is 8.15. The number of allylic oxidation sites excluding steroid dienone is 1. The Morgan fingerprint density at radius 2 is 1.94 bits per heavy atom. The number of alkyl carbamates (subject to hydrolysis) is 1. The summed E-state index contributed by atoms with van der Waals surface area (Å²) in [4.78, 5) is 15.5. The lowest BCUT2D eigenvalue weighted by Crippen LogP contribution is -2.34. The largest absolute Gasteiger partial charge is 0.444 e. The molecule has 0 radical (unpaired) electrons. The monoisotopic (exact) mass is 274 g/mol. The summed E-state index contributed by atoms with van der Waals surface area (Å²) in [5.41, 5.74) is 11.8. The van der Waals surface area contributed by atoms with Crippen molar-refractivity contribution in [2.45, 2.75) is 33.3 Å². The third-order valence-electron chi connectivity index (χ3n) is 1.77. The van der Waals surface area contributed by atoms with Gasteiger partial charge in [0.05, 0.1) is 12.2 Å². The molecule has 0 aliphatic rings. The van der Waals surface area contributed by atoms with Gasteiger partial charge in [-0.05, 0) is 34.0 Å². The first-order valence-electron chi connectivity index (χ1n) is 5.46. The highest BCUT2D eigenvalue weighted by Gasteiger charge is 2.15. The number of thioether (sulfide) groups is 1. The third kappa shape index (κ3) is 7.83. The lowest BCUT2D eigenvalue weighted by molar-refractivity contribution is 0.0532. The van der Waals surface area contributed by atoms with Crippen molar-refractivity contribution in [1.29, 1.82) is 0 Å². The second kappa shape index (κ2) is 7.15. The molecule has 0 spiro atoms. The number of nitrogens with zero attached hydrogens (tertiary/aromatic N) is 1. The van der Waals surface area contributed by atoms with E-state index in [9.17, 15) is 4.79 Å². The molecule has 0 unspecified atom stereocenters. The number of hydrogen-bond acceptors (Lipinski definition) is 5. The van der Waals surface area contributed by atoms with Gasteiger partial charge in [-0.3, -0.25) is 0 Å². The lowest BCUT2D eigenvalue weighted by atomic mass is 10.2. The topological polar surface area (TPSA) is 103 Å². The van der Waals surface area contributed by atoms with E-state index in [-0.39, 0.29) is 6.54 Å². The van der Waals surface area contributed by atoms with E-state index >= 15 is 0 Å². The van der Waals surface area contributed by atoms with Crippen molar-refractivity contribution in [2.24, 2.45) is 16.5 Å². The van der Waals surface area contributed by atoms with Crippen LogP contribution in [0.2, 0.25) is 0 Å². The van der Waals surface area contributed by atoms with Gasteiger partial charge in [0, 0.05) is 5.70 Å². The first kappa shape index (κ1) is 16.6. The van der Waals surface area contributed by atoms with Crippen molar-refractivity contribution in [1.82, 2.24) is 5.32 Å². The number of nitrogens with one attached hydrogen (secondary N) is 1. The highest BCUT2D eigenvalue weighted by molar-refractivity contribution is 8.13. The number of rotatable bonds is 3. The minimum Gasteiger partial charge on any atom is -0.444 e. The Labute approximate surface area is 112 Å². The van der Waals surface area contributed by atoms with E-state index < -0.39 is 11.7 Å². The smallest absolute Gasteiger partial charge is 0.407 e. The van der Waals surface area contributed by atoms with Crippen LogP contribution in [0.5, 0.6) is 0 Å². The van der Waals surface area contributed by atoms with Crippen LogP contribution < -0.4 is 16.8 Å². The van der Waals surface area contributed by atoms with Crippen molar-refractivity contribution in [3.63, 3.8) is 0 Å². The molecule has 7 heteroatoms. The molecule has 0 atom stereocenters. The predicted octanol–water partition coefficient (Wildman–Crippen LogP) is 1.38. The summed E-state index contributed by atoms with van der Waals surface area (Å²) in [6.45, 7) is 7.28. The molecule has 1 amide bonds. The van der Waals surface area contributed by atoms with E-state index in [1.165, 1.54) is 11.8 Å². The van der Waals surface area contributed by atoms with Crippen LogP contribution in [0.1, 0.15) is 27.7 Å². The number of amides is 1. The standard InChI is InChI=1S/C11H22N4O2S/c1-7(15-9(13)18-5)8(12)6-14-10(16)17-11(2,3)4/h6,12H2,1-5H3,(H2,13,15)(H,14,16)/b8-7-. The Hall–Kier alpha value is -1.37. The van der Waals surface area contributed by atoms with Crippen LogP contribution in [-0.2, 0) is 4.74 Å². The minimum atomic E-state index is -0.529. The van der Waals surface area contributed by atoms with Crippen molar-refractivity contribution in [3.05, 3.63) is 11.4 Å². The third-order valence-corrected chi connectivity index (χ3v) is 2.28. The van der Waals surface area contributed by atoms with Gasteiger partial charge in [0.15, 0.2) is 5.17 Å². The number of carbonyl (C=O) groups excluding carboxylic acids is 1. The van der Waals surface area contributed by atoms with E-state index in [2.05, 4.69) is 10.3 Å². The maximum absolute atomic E-state index is 11.4. The van der Waals surface area contributed by atoms with Gasteiger partial charge in [-0.15, -0.1) is 0 Å². The predicted molar refractivity (Wildman–Crippen MR) is 76.3 cm³/mol. The van der Waals surface area contributed by atoms with E-state index in [4.69, 9.17) is 16.2 Å². The zero-order chi connectivity index (χ0) is 14.3. The van der Waals surface area contributed by atoms with Crippen LogP contribution >= 0.6 is 11.8 Å². The Bertz CT molecular complexity index is 359. The van der Waals surface area contributed by atoms with E-state index in [0.717, 1.165) is 0 Å². The molecule has 0 saturated heterocycles. The number of amidine groups is 1. The molecule has 104 valence electrons. The molecule has 0 saturated carbocycles. The lowest BCUT2D eigenvalue weighted by Gasteiger charge is -2.19. The molecule has 0 rings (SSSR count). The summed E-state index contributed by atoms with van der Waals surface area (Å²) in [5, 5.41) is 2.97. The molecule has 0 aromatic heterocycles. The Balaban J connectivity index is 4.37. The summed E-state index contributed by atoms with van der Waals surface area (Å²) < 4.78 is 5.08. The number of aliphatic imine (C=N–C) groups is 1. The van der Waals surface area contributed by atoms with E-state index in [0.29, 0.717) is 16.6 Å². The van der Waals surface area contributed by atoms with Crippen LogP contribution in [-0.4, -0.2) is 29.7 Å². The normalized spacial score (nSPS) is 13.9. The molecule has 0 heterocycles. The fourth-order valence-electron chi connectivity index (χ4n) is 0.892. The van der Waals surface area contributed by atoms with Crippen LogP contribution in [0, 0.1) is 0 Å². The maximum Gasteiger partial charge on any atom is 0.407 e. The average molecular weight is 274 g/mol. The number of carbonyl (C=O) groups is 1. The zero-order valence-corrected chi connectivity index (χ0v) is 12.4. The first-order valence-corrected chi connectivity index (χ1v) is 6.68. The SMILES string of the molecule is CSC(N)=N/C(C)=C(\N)CNC(=O)OC(C)(C)C. The molecule has 0 aliphatic heterocycles. The fourth-order valence-corrected chi connectivity index (χ4v) is 1.12. The summed E-state index contributed by atoms with van der Waals surface area (Å²) in [7, 11) is 0. The van der Waals surface area contributed by atoms with Gasteiger partial charge in [-0.25, -0.2) is 9.79 Å². The molecular formula is C11H22N4O2S. The second-order valence-corrected chi connectivity index (χ2v) is 5.45. The Kier molecular flexibility index (Phi) is 6.61. The van der Waals surface area contributed by atoms with Gasteiger partial charge in [-0.1, -0.05) is 11.8 Å². The maximum atomic E-state index is 11.4. The van der Waals surface area contributed by atoms with Gasteiger partial charge >= 0.3 is 6.09 Å². The van der Waals surface area contributed by atoms with Crippen LogP contribution in [0.4, 0.5) is 4.79 Å². The Morgan fingerprint density at radius 1 is 1.39 bits per heavy atom. The molecule has 0 aliphatic carbocycles. The molecular weight excluding hydrogens is 252 g/mol. The molecule has 0 aromatic rings. The van der Waals surface area contributed by atoms with Gasteiger partial charge in [0.25, 0.3) is 0 Å². The van der Waals surface area contributed by atoms with Crippen molar-refractivity contribution in [2.75, 3.05) is 12.8 Å². The zero-order valence-electron chi connectivity index (χ0n) is 11.5. The van der Waals surface area contributed by atoms with E-state index in [1.807, 2.05) is 6.26 Å². The summed E-state index contributed by atoms with van der Waals surface area (Å²) in [6.07, 6.45) is 1.31. The molecule has 18 heavy (non-hydrogen) atoms. The van der Waals surface area contributed by atoms with Gasteiger partial charge in [0.2, 0.25) is 0 Å². The van der Waals surface area contributed by atoms with Gasteiger partial charge in [-0.2, -0.15) is 0 Å². The summed E-state index contributed by atoms with van der Waals surface area (Å²) in [5.74, 6) is 0. The van der Waals surface area contributed by atoms with Gasteiger partial charge in [0.1, 0.15) is 5.60 Å². The highest BCUT2D eigenvalue weighted by Crippen LogP contribution is 2.07. The number of nitrogens with two attached hydrogens (primary N) is 2. The number of hydrogen-bond donors (Lipinski definition) is 3. The average Bonchev–Trinajstić information content (AvgIpc) is 2.23.